The van der Waals surface area contributed by atoms with Gasteiger partial charge in [-0.3, -0.25) is 4.79 Å². The Kier molecular flexibility index (Phi) is 8.82. The van der Waals surface area contributed by atoms with Gasteiger partial charge in [0.25, 0.3) is 0 Å². The number of fused-ring (bicyclic) bond motifs is 1. The molecule has 2 fully saturated rings. The Hall–Kier alpha value is -1.40. The number of carbonyl (C=O) groups is 1. The normalized spacial score (nSPS) is 20.5. The summed E-state index contributed by atoms with van der Waals surface area (Å²) in [4.78, 5) is 15.2. The molecule has 2 aliphatic heterocycles. The van der Waals surface area contributed by atoms with Gasteiger partial charge in [0.1, 0.15) is 13.2 Å². The molecular formula is C25H38N2O3S. The minimum absolute atomic E-state index is 0.138. The molecule has 1 unspecified atom stereocenters. The summed E-state index contributed by atoms with van der Waals surface area (Å²) in [6, 6.07) is 6.33. The molecule has 4 rings (SSSR count). The van der Waals surface area contributed by atoms with Gasteiger partial charge in [-0.25, -0.2) is 0 Å². The highest BCUT2D eigenvalue weighted by molar-refractivity contribution is 7.99. The van der Waals surface area contributed by atoms with Crippen LogP contribution in [-0.4, -0.2) is 60.7 Å². The molecule has 0 bridgehead atoms. The van der Waals surface area contributed by atoms with Crippen molar-refractivity contribution in [1.29, 1.82) is 0 Å². The molecule has 0 spiro atoms. The summed E-state index contributed by atoms with van der Waals surface area (Å²) < 4.78 is 11.4. The fraction of sp³-hybridized carbons (Fsp3) is 0.720. The third kappa shape index (κ3) is 7.31. The van der Waals surface area contributed by atoms with Crippen molar-refractivity contribution in [3.05, 3.63) is 23.8 Å². The van der Waals surface area contributed by atoms with Gasteiger partial charge in [0, 0.05) is 24.3 Å². The fourth-order valence-electron chi connectivity index (χ4n) is 4.95. The second-order valence-corrected chi connectivity index (χ2v) is 10.6. The molecule has 2 heterocycles. The Morgan fingerprint density at radius 3 is 2.65 bits per heavy atom. The largest absolute Gasteiger partial charge is 0.486 e. The summed E-state index contributed by atoms with van der Waals surface area (Å²) in [7, 11) is 0. The minimum atomic E-state index is 0.138. The highest BCUT2D eigenvalue weighted by Crippen LogP contribution is 2.31. The monoisotopic (exact) mass is 446 g/mol. The van der Waals surface area contributed by atoms with E-state index in [0.29, 0.717) is 19.6 Å². The third-order valence-corrected chi connectivity index (χ3v) is 8.05. The molecule has 0 radical (unpaired) electrons. The predicted octanol–water partition coefficient (Wildman–Crippen LogP) is 4.43. The number of benzene rings is 1. The van der Waals surface area contributed by atoms with Crippen molar-refractivity contribution in [1.82, 2.24) is 10.2 Å². The molecule has 1 atom stereocenters. The Bertz CT molecular complexity index is 702. The highest BCUT2D eigenvalue weighted by Gasteiger charge is 2.21. The van der Waals surface area contributed by atoms with Crippen molar-refractivity contribution < 1.29 is 14.3 Å². The van der Waals surface area contributed by atoms with Crippen LogP contribution >= 0.6 is 11.8 Å². The molecular weight excluding hydrogens is 408 g/mol. The second kappa shape index (κ2) is 12.0. The molecule has 3 aliphatic rings. The van der Waals surface area contributed by atoms with E-state index in [-0.39, 0.29) is 11.9 Å². The van der Waals surface area contributed by atoms with E-state index >= 15 is 0 Å². The van der Waals surface area contributed by atoms with Gasteiger partial charge in [-0.1, -0.05) is 25.3 Å². The predicted molar refractivity (Wildman–Crippen MR) is 127 cm³/mol. The average molecular weight is 447 g/mol. The summed E-state index contributed by atoms with van der Waals surface area (Å²) in [5.41, 5.74) is 1.20. The Morgan fingerprint density at radius 1 is 1.06 bits per heavy atom. The van der Waals surface area contributed by atoms with Gasteiger partial charge in [-0.2, -0.15) is 11.8 Å². The Balaban J connectivity index is 1.26. The van der Waals surface area contributed by atoms with E-state index in [0.717, 1.165) is 55.0 Å². The molecule has 5 nitrogen and oxygen atoms in total. The standard InChI is InChI=1S/C25H38N2O3S/c28-25(9-6-16-31-22-7-2-1-3-8-22)26-21(19-27-12-4-5-13-27)17-20-10-11-23-24(18-20)30-15-14-29-23/h10-11,18,21-22H,1-9,12-17,19H2,(H,26,28). The molecule has 172 valence electrons. The first-order valence-corrected chi connectivity index (χ1v) is 13.3. The zero-order valence-electron chi connectivity index (χ0n) is 18.8. The number of likely N-dealkylation sites (tertiary alicyclic amines) is 1. The van der Waals surface area contributed by atoms with Crippen molar-refractivity contribution in [2.45, 2.75) is 75.5 Å². The molecule has 1 aromatic carbocycles. The highest BCUT2D eigenvalue weighted by atomic mass is 32.2. The first kappa shape index (κ1) is 22.8. The number of ether oxygens (including phenoxy) is 2. The molecule has 1 amide bonds. The van der Waals surface area contributed by atoms with Crippen LogP contribution in [0.3, 0.4) is 0 Å². The third-order valence-electron chi connectivity index (χ3n) is 6.58. The van der Waals surface area contributed by atoms with E-state index in [9.17, 15) is 4.79 Å². The minimum Gasteiger partial charge on any atom is -0.486 e. The fourth-order valence-corrected chi connectivity index (χ4v) is 6.26. The van der Waals surface area contributed by atoms with Crippen molar-refractivity contribution in [2.75, 3.05) is 38.6 Å². The van der Waals surface area contributed by atoms with E-state index in [1.54, 1.807) is 0 Å². The summed E-state index contributed by atoms with van der Waals surface area (Å²) >= 11 is 2.09. The number of amides is 1. The molecule has 1 saturated heterocycles. The maximum Gasteiger partial charge on any atom is 0.220 e. The van der Waals surface area contributed by atoms with E-state index in [1.807, 2.05) is 6.07 Å². The maximum atomic E-state index is 12.7. The number of carbonyl (C=O) groups excluding carboxylic acids is 1. The van der Waals surface area contributed by atoms with Crippen LogP contribution in [0.4, 0.5) is 0 Å². The Morgan fingerprint density at radius 2 is 1.84 bits per heavy atom. The smallest absolute Gasteiger partial charge is 0.220 e. The average Bonchev–Trinajstić information content (AvgIpc) is 3.30. The van der Waals surface area contributed by atoms with Crippen LogP contribution in [-0.2, 0) is 11.2 Å². The van der Waals surface area contributed by atoms with Crippen LogP contribution in [0.5, 0.6) is 11.5 Å². The molecule has 1 saturated carbocycles. The first-order valence-electron chi connectivity index (χ1n) is 12.3. The topological polar surface area (TPSA) is 50.8 Å². The number of hydrogen-bond donors (Lipinski definition) is 1. The molecule has 1 aromatic rings. The van der Waals surface area contributed by atoms with Crippen LogP contribution in [0, 0.1) is 0 Å². The molecule has 1 N–H and O–H groups in total. The number of thioether (sulfide) groups is 1. The second-order valence-electron chi connectivity index (χ2n) is 9.19. The molecule has 1 aliphatic carbocycles. The lowest BCUT2D eigenvalue weighted by Gasteiger charge is -2.25. The van der Waals surface area contributed by atoms with E-state index in [2.05, 4.69) is 34.1 Å². The van der Waals surface area contributed by atoms with Gasteiger partial charge in [-0.15, -0.1) is 0 Å². The zero-order chi connectivity index (χ0) is 21.3. The van der Waals surface area contributed by atoms with Gasteiger partial charge in [0.15, 0.2) is 11.5 Å². The summed E-state index contributed by atoms with van der Waals surface area (Å²) in [5.74, 6) is 2.96. The maximum absolute atomic E-state index is 12.7. The van der Waals surface area contributed by atoms with Gasteiger partial charge in [0.2, 0.25) is 5.91 Å². The molecule has 0 aromatic heterocycles. The number of rotatable bonds is 10. The van der Waals surface area contributed by atoms with Gasteiger partial charge in [-0.05, 0) is 75.1 Å². The summed E-state index contributed by atoms with van der Waals surface area (Å²) in [6.07, 6.45) is 11.9. The SMILES string of the molecule is O=C(CCCSC1CCCCC1)NC(Cc1ccc2c(c1)OCCO2)CN1CCCC1. The van der Waals surface area contributed by atoms with Crippen LogP contribution in [0.25, 0.3) is 0 Å². The lowest BCUT2D eigenvalue weighted by atomic mass is 10.0. The summed E-state index contributed by atoms with van der Waals surface area (Å²) in [5, 5.41) is 4.18. The lowest BCUT2D eigenvalue weighted by molar-refractivity contribution is -0.121. The molecule has 6 heteroatoms. The van der Waals surface area contributed by atoms with E-state index in [4.69, 9.17) is 9.47 Å². The van der Waals surface area contributed by atoms with Crippen LogP contribution < -0.4 is 14.8 Å². The van der Waals surface area contributed by atoms with Gasteiger partial charge < -0.3 is 19.7 Å². The zero-order valence-corrected chi connectivity index (χ0v) is 19.6. The van der Waals surface area contributed by atoms with Gasteiger partial charge >= 0.3 is 0 Å². The quantitative estimate of drug-likeness (QED) is 0.539. The summed E-state index contributed by atoms with van der Waals surface area (Å²) in [6.45, 7) is 4.43. The lowest BCUT2D eigenvalue weighted by Crippen LogP contribution is -2.44. The van der Waals surface area contributed by atoms with Crippen molar-refractivity contribution in [2.24, 2.45) is 0 Å². The van der Waals surface area contributed by atoms with Gasteiger partial charge in [0.05, 0.1) is 0 Å². The van der Waals surface area contributed by atoms with E-state index < -0.39 is 0 Å². The number of nitrogens with zero attached hydrogens (tertiary/aromatic N) is 1. The first-order chi connectivity index (χ1) is 15.3. The molecule has 31 heavy (non-hydrogen) atoms. The Labute approximate surface area is 191 Å². The number of nitrogens with one attached hydrogen (secondary N) is 1. The van der Waals surface area contributed by atoms with Crippen molar-refractivity contribution in [3.63, 3.8) is 0 Å². The van der Waals surface area contributed by atoms with Crippen LogP contribution in [0.2, 0.25) is 0 Å². The van der Waals surface area contributed by atoms with Crippen molar-refractivity contribution >= 4 is 17.7 Å². The number of hydrogen-bond acceptors (Lipinski definition) is 5. The van der Waals surface area contributed by atoms with E-state index in [1.165, 1.54) is 50.5 Å². The van der Waals surface area contributed by atoms with Crippen molar-refractivity contribution in [3.8, 4) is 11.5 Å². The van der Waals surface area contributed by atoms with Crippen LogP contribution in [0.1, 0.15) is 63.4 Å². The van der Waals surface area contributed by atoms with Crippen LogP contribution in [0.15, 0.2) is 18.2 Å².